The maximum atomic E-state index is 13.1. The van der Waals surface area contributed by atoms with Crippen molar-refractivity contribution < 1.29 is 19.0 Å². The molecule has 160 valence electrons. The number of benzene rings is 1. The highest BCUT2D eigenvalue weighted by atomic mass is 19.1. The van der Waals surface area contributed by atoms with Crippen LogP contribution in [0, 0.1) is 5.82 Å². The third kappa shape index (κ3) is 5.08. The van der Waals surface area contributed by atoms with Crippen molar-refractivity contribution in [2.75, 3.05) is 50.7 Å². The summed E-state index contributed by atoms with van der Waals surface area (Å²) >= 11 is 0. The van der Waals surface area contributed by atoms with Gasteiger partial charge in [0.2, 0.25) is 0 Å². The maximum Gasteiger partial charge on any atom is 0.254 e. The second-order valence-electron chi connectivity index (χ2n) is 8.45. The van der Waals surface area contributed by atoms with Crippen molar-refractivity contribution in [3.05, 3.63) is 30.1 Å². The number of hydrogen-bond donors (Lipinski definition) is 1. The number of nitrogens with zero attached hydrogens (tertiary/aromatic N) is 3. The lowest BCUT2D eigenvalue weighted by molar-refractivity contribution is -0.167. The van der Waals surface area contributed by atoms with Gasteiger partial charge in [0.25, 0.3) is 5.91 Å². The Morgan fingerprint density at radius 2 is 1.72 bits per heavy atom. The van der Waals surface area contributed by atoms with Crippen LogP contribution in [0.4, 0.5) is 10.1 Å². The van der Waals surface area contributed by atoms with Gasteiger partial charge in [0.05, 0.1) is 12.2 Å². The van der Waals surface area contributed by atoms with Gasteiger partial charge in [-0.3, -0.25) is 9.69 Å². The van der Waals surface area contributed by atoms with E-state index in [1.807, 2.05) is 17.0 Å². The lowest BCUT2D eigenvalue weighted by atomic mass is 9.98. The van der Waals surface area contributed by atoms with Gasteiger partial charge >= 0.3 is 0 Å². The molecule has 1 N–H and O–H groups in total. The number of ether oxygens (including phenoxy) is 1. The topological polar surface area (TPSA) is 56.3 Å². The molecule has 0 bridgehead atoms. The summed E-state index contributed by atoms with van der Waals surface area (Å²) in [4.78, 5) is 19.2. The summed E-state index contributed by atoms with van der Waals surface area (Å²) in [6.07, 6.45) is 3.07. The molecular formula is C22H32FN3O3. The van der Waals surface area contributed by atoms with E-state index in [-0.39, 0.29) is 17.8 Å². The van der Waals surface area contributed by atoms with E-state index in [1.165, 1.54) is 12.1 Å². The van der Waals surface area contributed by atoms with Crippen molar-refractivity contribution in [3.63, 3.8) is 0 Å². The third-order valence-electron chi connectivity index (χ3n) is 6.47. The second-order valence-corrected chi connectivity index (χ2v) is 8.45. The smallest absolute Gasteiger partial charge is 0.254 e. The minimum atomic E-state index is -0.692. The van der Waals surface area contributed by atoms with Gasteiger partial charge < -0.3 is 19.6 Å². The Balaban J connectivity index is 1.22. The first kappa shape index (κ1) is 20.6. The number of hydrogen-bond acceptors (Lipinski definition) is 5. The zero-order chi connectivity index (χ0) is 20.2. The normalized spacial score (nSPS) is 28.7. The van der Waals surface area contributed by atoms with E-state index >= 15 is 0 Å². The van der Waals surface area contributed by atoms with Crippen molar-refractivity contribution >= 4 is 11.6 Å². The standard InChI is InChI=1S/C22H32FN3O3/c23-17-3-5-18(6-4-17)25-15-13-24(14-16-25)12-9-19-7-8-20(27)21(29-19)22(28)26-10-1-2-11-26/h3-6,19-21,27H,1-2,7-16H2/t19-,20+,21+/m1/s1. The van der Waals surface area contributed by atoms with Crippen LogP contribution in [0.3, 0.4) is 0 Å². The van der Waals surface area contributed by atoms with Crippen LogP contribution in [0.5, 0.6) is 0 Å². The number of amides is 1. The minimum Gasteiger partial charge on any atom is -0.390 e. The lowest BCUT2D eigenvalue weighted by Gasteiger charge is -2.38. The van der Waals surface area contributed by atoms with Crippen molar-refractivity contribution in [2.45, 2.75) is 50.4 Å². The highest BCUT2D eigenvalue weighted by Gasteiger charge is 2.38. The SMILES string of the molecule is O=C([C@H]1O[C@@H](CCN2CCN(c3ccc(F)cc3)CC2)CC[C@@H]1O)N1CCCC1. The number of aliphatic hydroxyl groups excluding tert-OH is 1. The molecule has 0 aromatic heterocycles. The molecule has 3 aliphatic heterocycles. The number of carbonyl (C=O) groups is 1. The molecule has 3 aliphatic rings. The van der Waals surface area contributed by atoms with E-state index < -0.39 is 12.2 Å². The van der Waals surface area contributed by atoms with E-state index in [9.17, 15) is 14.3 Å². The third-order valence-corrected chi connectivity index (χ3v) is 6.47. The molecule has 1 aromatic carbocycles. The lowest BCUT2D eigenvalue weighted by Crippen LogP contribution is -2.51. The van der Waals surface area contributed by atoms with Gasteiger partial charge in [-0.05, 0) is 56.4 Å². The van der Waals surface area contributed by atoms with E-state index in [2.05, 4.69) is 9.80 Å². The Labute approximate surface area is 172 Å². The summed E-state index contributed by atoms with van der Waals surface area (Å²) in [5.74, 6) is -0.237. The Bertz CT molecular complexity index is 672. The number of likely N-dealkylation sites (tertiary alicyclic amines) is 1. The van der Waals surface area contributed by atoms with Crippen LogP contribution in [0.2, 0.25) is 0 Å². The molecule has 0 radical (unpaired) electrons. The van der Waals surface area contributed by atoms with Gasteiger partial charge in [-0.15, -0.1) is 0 Å². The van der Waals surface area contributed by atoms with Crippen LogP contribution in [-0.4, -0.2) is 84.9 Å². The van der Waals surface area contributed by atoms with Crippen molar-refractivity contribution in [3.8, 4) is 0 Å². The van der Waals surface area contributed by atoms with Crippen molar-refractivity contribution in [1.29, 1.82) is 0 Å². The first-order chi connectivity index (χ1) is 14.1. The van der Waals surface area contributed by atoms with Gasteiger partial charge in [0, 0.05) is 51.5 Å². The fourth-order valence-corrected chi connectivity index (χ4v) is 4.63. The average molecular weight is 406 g/mol. The molecule has 4 rings (SSSR count). The maximum absolute atomic E-state index is 13.1. The summed E-state index contributed by atoms with van der Waals surface area (Å²) in [5.41, 5.74) is 1.07. The van der Waals surface area contributed by atoms with Gasteiger partial charge in [-0.2, -0.15) is 0 Å². The molecule has 0 saturated carbocycles. The predicted molar refractivity (Wildman–Crippen MR) is 109 cm³/mol. The number of piperazine rings is 1. The Morgan fingerprint density at radius 1 is 1.03 bits per heavy atom. The number of halogens is 1. The molecule has 3 atom stereocenters. The van der Waals surface area contributed by atoms with Crippen LogP contribution in [0.15, 0.2) is 24.3 Å². The monoisotopic (exact) mass is 405 g/mol. The van der Waals surface area contributed by atoms with Crippen molar-refractivity contribution in [2.24, 2.45) is 0 Å². The zero-order valence-electron chi connectivity index (χ0n) is 17.0. The molecule has 3 saturated heterocycles. The molecule has 7 heteroatoms. The van der Waals surface area contributed by atoms with Crippen LogP contribution in [-0.2, 0) is 9.53 Å². The van der Waals surface area contributed by atoms with Crippen LogP contribution >= 0.6 is 0 Å². The predicted octanol–water partition coefficient (Wildman–Crippen LogP) is 1.87. The Morgan fingerprint density at radius 3 is 2.41 bits per heavy atom. The molecule has 1 aromatic rings. The molecule has 0 spiro atoms. The van der Waals surface area contributed by atoms with Gasteiger partial charge in [0.15, 0.2) is 6.10 Å². The van der Waals surface area contributed by atoms with Crippen LogP contribution in [0.1, 0.15) is 32.1 Å². The Hall–Kier alpha value is -1.70. The summed E-state index contributed by atoms with van der Waals surface area (Å²) in [6.45, 7) is 6.27. The largest absolute Gasteiger partial charge is 0.390 e. The molecule has 0 aliphatic carbocycles. The first-order valence-electron chi connectivity index (χ1n) is 11.0. The van der Waals surface area contributed by atoms with Gasteiger partial charge in [0.1, 0.15) is 5.82 Å². The second kappa shape index (κ2) is 9.41. The summed E-state index contributed by atoms with van der Waals surface area (Å²) in [5, 5.41) is 10.3. The highest BCUT2D eigenvalue weighted by molar-refractivity contribution is 5.82. The molecule has 29 heavy (non-hydrogen) atoms. The fourth-order valence-electron chi connectivity index (χ4n) is 4.63. The first-order valence-corrected chi connectivity index (χ1v) is 11.0. The molecule has 3 heterocycles. The van der Waals surface area contributed by atoms with E-state index in [4.69, 9.17) is 4.74 Å². The van der Waals surface area contributed by atoms with Crippen molar-refractivity contribution in [1.82, 2.24) is 9.80 Å². The molecule has 6 nitrogen and oxygen atoms in total. The highest BCUT2D eigenvalue weighted by Crippen LogP contribution is 2.25. The molecular weight excluding hydrogens is 373 g/mol. The average Bonchev–Trinajstić information content (AvgIpc) is 3.29. The summed E-state index contributed by atoms with van der Waals surface area (Å²) < 4.78 is 19.2. The fraction of sp³-hybridized carbons (Fsp3) is 0.682. The quantitative estimate of drug-likeness (QED) is 0.811. The van der Waals surface area contributed by atoms with Gasteiger partial charge in [-0.1, -0.05) is 0 Å². The van der Waals surface area contributed by atoms with Gasteiger partial charge in [-0.25, -0.2) is 4.39 Å². The Kier molecular flexibility index (Phi) is 6.67. The van der Waals surface area contributed by atoms with E-state index in [0.717, 1.165) is 77.2 Å². The molecule has 1 amide bonds. The van der Waals surface area contributed by atoms with E-state index in [1.54, 1.807) is 0 Å². The number of rotatable bonds is 5. The van der Waals surface area contributed by atoms with Crippen LogP contribution in [0.25, 0.3) is 0 Å². The minimum absolute atomic E-state index is 0.0325. The summed E-state index contributed by atoms with van der Waals surface area (Å²) in [6, 6.07) is 6.69. The number of anilines is 1. The summed E-state index contributed by atoms with van der Waals surface area (Å²) in [7, 11) is 0. The molecule has 3 fully saturated rings. The number of aliphatic hydroxyl groups is 1. The van der Waals surface area contributed by atoms with E-state index in [0.29, 0.717) is 6.42 Å². The zero-order valence-corrected chi connectivity index (χ0v) is 17.0. The molecule has 0 unspecified atom stereocenters. The number of carbonyl (C=O) groups excluding carboxylic acids is 1. The van der Waals surface area contributed by atoms with Crippen LogP contribution < -0.4 is 4.90 Å².